The molecule has 78 valence electrons. The minimum Gasteiger partial charge on any atom is -0.481 e. The summed E-state index contributed by atoms with van der Waals surface area (Å²) in [5.41, 5.74) is 1.59. The Morgan fingerprint density at radius 3 is 2.87 bits per heavy atom. The van der Waals surface area contributed by atoms with E-state index in [4.69, 9.17) is 10.4 Å². The molecule has 0 unspecified atom stereocenters. The fourth-order valence-electron chi connectivity index (χ4n) is 1.11. The fourth-order valence-corrected chi connectivity index (χ4v) is 2.04. The average molecular weight is 221 g/mol. The van der Waals surface area contributed by atoms with Crippen molar-refractivity contribution in [3.8, 4) is 6.07 Å². The van der Waals surface area contributed by atoms with Crippen molar-refractivity contribution >= 4 is 17.7 Å². The molecule has 0 bridgehead atoms. The number of aryl methyl sites for hydroxylation is 1. The number of hydrogen-bond acceptors (Lipinski definition) is 3. The van der Waals surface area contributed by atoms with E-state index >= 15 is 0 Å². The monoisotopic (exact) mass is 221 g/mol. The molecule has 15 heavy (non-hydrogen) atoms. The molecule has 0 aliphatic carbocycles. The molecule has 0 fully saturated rings. The molecule has 0 aliphatic rings. The lowest BCUT2D eigenvalue weighted by Crippen LogP contribution is -1.95. The van der Waals surface area contributed by atoms with E-state index in [-0.39, 0.29) is 6.42 Å². The summed E-state index contributed by atoms with van der Waals surface area (Å²) in [5, 5.41) is 17.2. The van der Waals surface area contributed by atoms with Crippen LogP contribution in [-0.2, 0) is 4.79 Å². The van der Waals surface area contributed by atoms with Gasteiger partial charge in [-0.15, -0.1) is 11.8 Å². The second kappa shape index (κ2) is 5.42. The van der Waals surface area contributed by atoms with Crippen molar-refractivity contribution in [2.75, 3.05) is 5.75 Å². The molecule has 0 aromatic heterocycles. The standard InChI is InChI=1S/C11H11NO2S/c1-8-6-10(3-2-9(8)7-12)15-5-4-11(13)14/h2-3,6H,4-5H2,1H3,(H,13,14). The first-order valence-electron chi connectivity index (χ1n) is 4.49. The molecule has 0 saturated heterocycles. The number of carboxylic acids is 1. The van der Waals surface area contributed by atoms with E-state index in [9.17, 15) is 4.79 Å². The zero-order valence-corrected chi connectivity index (χ0v) is 9.17. The molecular formula is C11H11NO2S. The molecule has 0 radical (unpaired) electrons. The Morgan fingerprint density at radius 1 is 1.60 bits per heavy atom. The number of nitrogens with zero attached hydrogens (tertiary/aromatic N) is 1. The summed E-state index contributed by atoms with van der Waals surface area (Å²) in [7, 11) is 0. The highest BCUT2D eigenvalue weighted by atomic mass is 32.2. The summed E-state index contributed by atoms with van der Waals surface area (Å²) < 4.78 is 0. The van der Waals surface area contributed by atoms with E-state index in [1.807, 2.05) is 19.1 Å². The maximum absolute atomic E-state index is 10.3. The van der Waals surface area contributed by atoms with Crippen LogP contribution in [0.4, 0.5) is 0 Å². The maximum atomic E-state index is 10.3. The van der Waals surface area contributed by atoms with E-state index in [2.05, 4.69) is 6.07 Å². The van der Waals surface area contributed by atoms with Gasteiger partial charge in [-0.2, -0.15) is 5.26 Å². The van der Waals surface area contributed by atoms with Crippen molar-refractivity contribution in [1.82, 2.24) is 0 Å². The Hall–Kier alpha value is -1.47. The highest BCUT2D eigenvalue weighted by molar-refractivity contribution is 7.99. The van der Waals surface area contributed by atoms with Gasteiger partial charge in [-0.3, -0.25) is 4.79 Å². The van der Waals surface area contributed by atoms with E-state index in [0.29, 0.717) is 11.3 Å². The molecule has 4 heteroatoms. The van der Waals surface area contributed by atoms with Gasteiger partial charge in [-0.1, -0.05) is 0 Å². The summed E-state index contributed by atoms with van der Waals surface area (Å²) >= 11 is 1.49. The second-order valence-corrected chi connectivity index (χ2v) is 4.25. The molecule has 0 atom stereocenters. The fraction of sp³-hybridized carbons (Fsp3) is 0.273. The zero-order valence-electron chi connectivity index (χ0n) is 8.36. The SMILES string of the molecule is Cc1cc(SCCC(=O)O)ccc1C#N. The van der Waals surface area contributed by atoms with Gasteiger partial charge in [-0.25, -0.2) is 0 Å². The van der Waals surface area contributed by atoms with Crippen LogP contribution in [0.5, 0.6) is 0 Å². The second-order valence-electron chi connectivity index (χ2n) is 3.08. The first-order valence-corrected chi connectivity index (χ1v) is 5.47. The summed E-state index contributed by atoms with van der Waals surface area (Å²) in [6.45, 7) is 1.87. The van der Waals surface area contributed by atoms with Gasteiger partial charge in [0, 0.05) is 10.6 Å². The Kier molecular flexibility index (Phi) is 4.19. The van der Waals surface area contributed by atoms with Gasteiger partial charge in [0.1, 0.15) is 0 Å². The third kappa shape index (κ3) is 3.64. The van der Waals surface area contributed by atoms with Gasteiger partial charge in [0.05, 0.1) is 18.1 Å². The van der Waals surface area contributed by atoms with Crippen LogP contribution in [0.2, 0.25) is 0 Å². The number of thioether (sulfide) groups is 1. The van der Waals surface area contributed by atoms with E-state index < -0.39 is 5.97 Å². The minimum absolute atomic E-state index is 0.156. The van der Waals surface area contributed by atoms with Crippen molar-refractivity contribution in [3.05, 3.63) is 29.3 Å². The molecule has 0 heterocycles. The van der Waals surface area contributed by atoms with Crippen molar-refractivity contribution in [3.63, 3.8) is 0 Å². The lowest BCUT2D eigenvalue weighted by molar-refractivity contribution is -0.136. The highest BCUT2D eigenvalue weighted by Crippen LogP contribution is 2.21. The molecule has 1 aromatic rings. The van der Waals surface area contributed by atoms with Gasteiger partial charge >= 0.3 is 5.97 Å². The maximum Gasteiger partial charge on any atom is 0.304 e. The van der Waals surface area contributed by atoms with Gasteiger partial charge in [0.15, 0.2) is 0 Å². The predicted molar refractivity (Wildman–Crippen MR) is 58.9 cm³/mol. The molecule has 1 N–H and O–H groups in total. The third-order valence-corrected chi connectivity index (χ3v) is 2.90. The van der Waals surface area contributed by atoms with Crippen LogP contribution < -0.4 is 0 Å². The van der Waals surface area contributed by atoms with Gasteiger partial charge in [-0.05, 0) is 30.7 Å². The van der Waals surface area contributed by atoms with E-state index in [1.54, 1.807) is 6.07 Å². The summed E-state index contributed by atoms with van der Waals surface area (Å²) in [6.07, 6.45) is 0.156. The number of benzene rings is 1. The van der Waals surface area contributed by atoms with Gasteiger partial charge in [0.25, 0.3) is 0 Å². The van der Waals surface area contributed by atoms with Crippen LogP contribution in [0.15, 0.2) is 23.1 Å². The number of aliphatic carboxylic acids is 1. The largest absolute Gasteiger partial charge is 0.481 e. The number of carbonyl (C=O) groups is 1. The van der Waals surface area contributed by atoms with Gasteiger partial charge in [0.2, 0.25) is 0 Å². The normalized spacial score (nSPS) is 9.60. The zero-order chi connectivity index (χ0) is 11.3. The van der Waals surface area contributed by atoms with E-state index in [0.717, 1.165) is 10.5 Å². The van der Waals surface area contributed by atoms with Crippen LogP contribution in [0.25, 0.3) is 0 Å². The minimum atomic E-state index is -0.784. The number of carboxylic acid groups (broad SMARTS) is 1. The van der Waals surface area contributed by atoms with Crippen LogP contribution in [-0.4, -0.2) is 16.8 Å². The van der Waals surface area contributed by atoms with Crippen LogP contribution in [0.3, 0.4) is 0 Å². The Labute approximate surface area is 92.7 Å². The predicted octanol–water partition coefficient (Wildman–Crippen LogP) is 2.43. The molecule has 0 spiro atoms. The quantitative estimate of drug-likeness (QED) is 0.793. The topological polar surface area (TPSA) is 61.1 Å². The lowest BCUT2D eigenvalue weighted by Gasteiger charge is -2.02. The number of hydrogen-bond donors (Lipinski definition) is 1. The summed E-state index contributed by atoms with van der Waals surface area (Å²) in [4.78, 5) is 11.3. The van der Waals surface area contributed by atoms with Crippen molar-refractivity contribution in [1.29, 1.82) is 5.26 Å². The van der Waals surface area contributed by atoms with Crippen LogP contribution >= 0.6 is 11.8 Å². The highest BCUT2D eigenvalue weighted by Gasteiger charge is 2.01. The number of nitriles is 1. The molecular weight excluding hydrogens is 210 g/mol. The molecule has 3 nitrogen and oxygen atoms in total. The van der Waals surface area contributed by atoms with Gasteiger partial charge < -0.3 is 5.11 Å². The Morgan fingerprint density at radius 2 is 2.33 bits per heavy atom. The summed E-state index contributed by atoms with van der Waals surface area (Å²) in [5.74, 6) is -0.228. The third-order valence-electron chi connectivity index (χ3n) is 1.90. The molecule has 1 aromatic carbocycles. The molecule has 1 rings (SSSR count). The van der Waals surface area contributed by atoms with E-state index in [1.165, 1.54) is 11.8 Å². The number of rotatable bonds is 4. The lowest BCUT2D eigenvalue weighted by atomic mass is 10.1. The first-order chi connectivity index (χ1) is 7.13. The molecule has 0 aliphatic heterocycles. The molecule has 0 amide bonds. The van der Waals surface area contributed by atoms with Crippen molar-refractivity contribution in [2.45, 2.75) is 18.2 Å². The van der Waals surface area contributed by atoms with Crippen LogP contribution in [0, 0.1) is 18.3 Å². The first kappa shape index (κ1) is 11.6. The summed E-state index contributed by atoms with van der Waals surface area (Å²) in [6, 6.07) is 7.61. The Bertz CT molecular complexity index is 410. The van der Waals surface area contributed by atoms with Crippen molar-refractivity contribution in [2.24, 2.45) is 0 Å². The van der Waals surface area contributed by atoms with Crippen LogP contribution in [0.1, 0.15) is 17.5 Å². The smallest absolute Gasteiger partial charge is 0.304 e. The molecule has 0 saturated carbocycles. The average Bonchev–Trinajstić information content (AvgIpc) is 2.17. The van der Waals surface area contributed by atoms with Crippen molar-refractivity contribution < 1.29 is 9.90 Å². The Balaban J connectivity index is 2.60.